The lowest BCUT2D eigenvalue weighted by atomic mass is 10.1. The van der Waals surface area contributed by atoms with Crippen molar-refractivity contribution in [2.75, 3.05) is 19.0 Å². The second-order valence-electron chi connectivity index (χ2n) is 5.32. The van der Waals surface area contributed by atoms with Crippen molar-refractivity contribution in [2.45, 2.75) is 12.8 Å². The molecule has 0 aliphatic carbocycles. The Bertz CT molecular complexity index is 836. The molecule has 0 aliphatic rings. The molecule has 24 heavy (non-hydrogen) atoms. The van der Waals surface area contributed by atoms with E-state index in [1.54, 1.807) is 36.9 Å². The molecule has 0 saturated heterocycles. The van der Waals surface area contributed by atoms with Crippen molar-refractivity contribution in [3.63, 3.8) is 0 Å². The highest BCUT2D eigenvalue weighted by Gasteiger charge is 2.12. The van der Waals surface area contributed by atoms with Gasteiger partial charge in [-0.15, -0.1) is 11.3 Å². The zero-order valence-electron chi connectivity index (χ0n) is 13.4. The predicted molar refractivity (Wildman–Crippen MR) is 95.8 cm³/mol. The molecule has 0 spiro atoms. The fourth-order valence-corrected chi connectivity index (χ4v) is 3.10. The Labute approximate surface area is 143 Å². The lowest BCUT2D eigenvalue weighted by Gasteiger charge is -2.13. The summed E-state index contributed by atoms with van der Waals surface area (Å²) >= 11 is 1.59. The van der Waals surface area contributed by atoms with E-state index in [-0.39, 0.29) is 11.9 Å². The third-order valence-electron chi connectivity index (χ3n) is 3.64. The standard InChI is InChI=1S/C17H18N4O2S/c1-11(16-19-8-9-24-16)10-20-17(22)21-13-5-6-14(23-2)15-12(13)4-3-7-18-15/h3-9,11H,10H2,1-2H3,(H2,20,21,22). The SMILES string of the molecule is COc1ccc(NC(=O)NCC(C)c2nccs2)c2cccnc12. The molecule has 1 aromatic carbocycles. The fourth-order valence-electron chi connectivity index (χ4n) is 2.40. The minimum atomic E-state index is -0.256. The molecule has 1 unspecified atom stereocenters. The van der Waals surface area contributed by atoms with Gasteiger partial charge in [-0.05, 0) is 24.3 Å². The number of thiazole rings is 1. The molecule has 0 radical (unpaired) electrons. The maximum atomic E-state index is 12.2. The zero-order chi connectivity index (χ0) is 16.9. The minimum Gasteiger partial charge on any atom is -0.494 e. The van der Waals surface area contributed by atoms with Crippen molar-refractivity contribution in [1.82, 2.24) is 15.3 Å². The number of benzene rings is 1. The molecule has 0 saturated carbocycles. The summed E-state index contributed by atoms with van der Waals surface area (Å²) < 4.78 is 5.31. The van der Waals surface area contributed by atoms with E-state index < -0.39 is 0 Å². The summed E-state index contributed by atoms with van der Waals surface area (Å²) in [6.45, 7) is 2.55. The van der Waals surface area contributed by atoms with Gasteiger partial charge in [0.05, 0.1) is 17.8 Å². The summed E-state index contributed by atoms with van der Waals surface area (Å²) in [5.41, 5.74) is 1.41. The van der Waals surface area contributed by atoms with Gasteiger partial charge in [0.1, 0.15) is 11.3 Å². The van der Waals surface area contributed by atoms with Crippen LogP contribution in [0.25, 0.3) is 10.9 Å². The number of aromatic nitrogens is 2. The predicted octanol–water partition coefficient (Wildman–Crippen LogP) is 3.63. The summed E-state index contributed by atoms with van der Waals surface area (Å²) in [5.74, 6) is 0.846. The van der Waals surface area contributed by atoms with Gasteiger partial charge in [-0.25, -0.2) is 9.78 Å². The molecule has 0 fully saturated rings. The van der Waals surface area contributed by atoms with Crippen LogP contribution in [0.4, 0.5) is 10.5 Å². The number of hydrogen-bond acceptors (Lipinski definition) is 5. The van der Waals surface area contributed by atoms with Crippen LogP contribution in [0, 0.1) is 0 Å². The highest BCUT2D eigenvalue weighted by molar-refractivity contribution is 7.09. The number of ether oxygens (including phenoxy) is 1. The quantitative estimate of drug-likeness (QED) is 0.742. The van der Waals surface area contributed by atoms with Crippen molar-refractivity contribution in [2.24, 2.45) is 0 Å². The number of nitrogens with zero attached hydrogens (tertiary/aromatic N) is 2. The number of carbonyl (C=O) groups is 1. The van der Waals surface area contributed by atoms with Gasteiger partial charge in [0.15, 0.2) is 0 Å². The van der Waals surface area contributed by atoms with Crippen LogP contribution in [0.2, 0.25) is 0 Å². The van der Waals surface area contributed by atoms with Crippen molar-refractivity contribution in [1.29, 1.82) is 0 Å². The number of anilines is 1. The van der Waals surface area contributed by atoms with Gasteiger partial charge in [-0.2, -0.15) is 0 Å². The summed E-state index contributed by atoms with van der Waals surface area (Å²) in [5, 5.41) is 9.53. The number of urea groups is 1. The van der Waals surface area contributed by atoms with Gasteiger partial charge in [-0.3, -0.25) is 4.98 Å². The van der Waals surface area contributed by atoms with E-state index in [1.807, 2.05) is 30.5 Å². The zero-order valence-corrected chi connectivity index (χ0v) is 14.3. The molecule has 2 amide bonds. The highest BCUT2D eigenvalue weighted by atomic mass is 32.1. The number of hydrogen-bond donors (Lipinski definition) is 2. The molecule has 2 N–H and O–H groups in total. The first-order valence-corrected chi connectivity index (χ1v) is 8.43. The third kappa shape index (κ3) is 3.46. The summed E-state index contributed by atoms with van der Waals surface area (Å²) in [6, 6.07) is 7.08. The molecule has 2 heterocycles. The molecule has 6 nitrogen and oxygen atoms in total. The van der Waals surface area contributed by atoms with Crippen LogP contribution in [-0.4, -0.2) is 29.7 Å². The summed E-state index contributed by atoms with van der Waals surface area (Å²) in [7, 11) is 1.60. The molecular weight excluding hydrogens is 324 g/mol. The van der Waals surface area contributed by atoms with Gasteiger partial charge in [0, 0.05) is 35.6 Å². The van der Waals surface area contributed by atoms with Gasteiger partial charge in [-0.1, -0.05) is 6.92 Å². The Kier molecular flexibility index (Phi) is 4.90. The second-order valence-corrected chi connectivity index (χ2v) is 6.25. The maximum Gasteiger partial charge on any atom is 0.319 e. The van der Waals surface area contributed by atoms with Crippen LogP contribution in [0.3, 0.4) is 0 Å². The number of rotatable bonds is 5. The van der Waals surface area contributed by atoms with Crippen molar-refractivity contribution >= 4 is 34.0 Å². The summed E-state index contributed by atoms with van der Waals surface area (Å²) in [6.07, 6.45) is 3.47. The van der Waals surface area contributed by atoms with Gasteiger partial charge < -0.3 is 15.4 Å². The molecule has 1 atom stereocenters. The van der Waals surface area contributed by atoms with Crippen molar-refractivity contribution in [3.8, 4) is 5.75 Å². The van der Waals surface area contributed by atoms with Crippen LogP contribution in [0.1, 0.15) is 17.8 Å². The monoisotopic (exact) mass is 342 g/mol. The Hall–Kier alpha value is -2.67. The van der Waals surface area contributed by atoms with Crippen LogP contribution < -0.4 is 15.4 Å². The molecule has 3 rings (SSSR count). The van der Waals surface area contributed by atoms with Gasteiger partial charge in [0.2, 0.25) is 0 Å². The molecule has 0 aliphatic heterocycles. The van der Waals surface area contributed by atoms with Crippen LogP contribution in [0.15, 0.2) is 42.0 Å². The molecule has 2 aromatic heterocycles. The lowest BCUT2D eigenvalue weighted by Crippen LogP contribution is -2.31. The first-order valence-electron chi connectivity index (χ1n) is 7.55. The molecule has 124 valence electrons. The number of pyridine rings is 1. The smallest absolute Gasteiger partial charge is 0.319 e. The summed E-state index contributed by atoms with van der Waals surface area (Å²) in [4.78, 5) is 20.8. The number of methoxy groups -OCH3 is 1. The van der Waals surface area contributed by atoms with Crippen molar-refractivity contribution in [3.05, 3.63) is 47.0 Å². The van der Waals surface area contributed by atoms with Gasteiger partial charge >= 0.3 is 6.03 Å². The van der Waals surface area contributed by atoms with E-state index in [1.165, 1.54) is 0 Å². The first kappa shape index (κ1) is 16.2. The van der Waals surface area contributed by atoms with Crippen LogP contribution in [-0.2, 0) is 0 Å². The third-order valence-corrected chi connectivity index (χ3v) is 4.65. The molecule has 3 aromatic rings. The van der Waals surface area contributed by atoms with E-state index in [4.69, 9.17) is 4.74 Å². The second kappa shape index (κ2) is 7.27. The normalized spacial score (nSPS) is 11.9. The molecule has 7 heteroatoms. The van der Waals surface area contributed by atoms with E-state index in [2.05, 4.69) is 20.6 Å². The Morgan fingerprint density at radius 3 is 2.92 bits per heavy atom. The lowest BCUT2D eigenvalue weighted by molar-refractivity contribution is 0.251. The number of amides is 2. The van der Waals surface area contributed by atoms with Crippen LogP contribution >= 0.6 is 11.3 Å². The Balaban J connectivity index is 1.69. The minimum absolute atomic E-state index is 0.171. The number of carbonyl (C=O) groups excluding carboxylic acids is 1. The topological polar surface area (TPSA) is 76.1 Å². The fraction of sp³-hybridized carbons (Fsp3) is 0.235. The molecule has 0 bridgehead atoms. The van der Waals surface area contributed by atoms with E-state index in [0.29, 0.717) is 23.5 Å². The van der Waals surface area contributed by atoms with Gasteiger partial charge in [0.25, 0.3) is 0 Å². The number of fused-ring (bicyclic) bond motifs is 1. The Morgan fingerprint density at radius 1 is 1.29 bits per heavy atom. The first-order chi connectivity index (χ1) is 11.7. The van der Waals surface area contributed by atoms with E-state index in [0.717, 1.165) is 10.4 Å². The van der Waals surface area contributed by atoms with Crippen molar-refractivity contribution < 1.29 is 9.53 Å². The highest BCUT2D eigenvalue weighted by Crippen LogP contribution is 2.29. The largest absolute Gasteiger partial charge is 0.494 e. The average Bonchev–Trinajstić information content (AvgIpc) is 3.15. The molecular formula is C17H18N4O2S. The van der Waals surface area contributed by atoms with E-state index >= 15 is 0 Å². The van der Waals surface area contributed by atoms with Crippen LogP contribution in [0.5, 0.6) is 5.75 Å². The van der Waals surface area contributed by atoms with E-state index in [9.17, 15) is 4.79 Å². The average molecular weight is 342 g/mol. The number of nitrogens with one attached hydrogen (secondary N) is 2. The maximum absolute atomic E-state index is 12.2. The Morgan fingerprint density at radius 2 is 2.17 bits per heavy atom.